The topological polar surface area (TPSA) is 127 Å². The molecule has 11 nitrogen and oxygen atoms in total. The molecule has 0 radical (unpaired) electrons. The van der Waals surface area contributed by atoms with Crippen LogP contribution in [0.2, 0.25) is 0 Å². The number of esters is 1. The van der Waals surface area contributed by atoms with Gasteiger partial charge in [-0.1, -0.05) is 5.16 Å². The summed E-state index contributed by atoms with van der Waals surface area (Å²) in [6.45, 7) is 4.78. The van der Waals surface area contributed by atoms with Gasteiger partial charge >= 0.3 is 5.97 Å². The highest BCUT2D eigenvalue weighted by Gasteiger charge is 2.22. The van der Waals surface area contributed by atoms with Gasteiger partial charge in [0, 0.05) is 29.6 Å². The molecule has 0 unspecified atom stereocenters. The van der Waals surface area contributed by atoms with Crippen molar-refractivity contribution in [3.63, 3.8) is 0 Å². The Morgan fingerprint density at radius 3 is 2.73 bits per heavy atom. The van der Waals surface area contributed by atoms with Gasteiger partial charge in [0.05, 0.1) is 22.8 Å². The summed E-state index contributed by atoms with van der Waals surface area (Å²) in [5.74, 6) is 1.28. The summed E-state index contributed by atoms with van der Waals surface area (Å²) in [5, 5.41) is 8.97. The van der Waals surface area contributed by atoms with E-state index in [9.17, 15) is 4.79 Å². The molecule has 0 saturated carbocycles. The molecular formula is C26H22N6O5. The summed E-state index contributed by atoms with van der Waals surface area (Å²) in [4.78, 5) is 26.4. The fraction of sp³-hybridized carbons (Fsp3) is 0.231. The van der Waals surface area contributed by atoms with Crippen molar-refractivity contribution in [2.75, 3.05) is 13.2 Å². The summed E-state index contributed by atoms with van der Waals surface area (Å²) >= 11 is 0. The van der Waals surface area contributed by atoms with Gasteiger partial charge < -0.3 is 18.7 Å². The van der Waals surface area contributed by atoms with E-state index in [1.165, 1.54) is 0 Å². The van der Waals surface area contributed by atoms with Crippen molar-refractivity contribution in [2.24, 2.45) is 0 Å². The lowest BCUT2D eigenvalue weighted by Gasteiger charge is -2.19. The van der Waals surface area contributed by atoms with Crippen molar-refractivity contribution >= 4 is 17.0 Å². The van der Waals surface area contributed by atoms with Gasteiger partial charge in [-0.3, -0.25) is 4.98 Å². The average molecular weight is 498 g/mol. The molecule has 11 heteroatoms. The van der Waals surface area contributed by atoms with Crippen molar-refractivity contribution in [1.82, 2.24) is 29.9 Å². The number of rotatable bonds is 6. The number of carbonyl (C=O) groups is 1. The molecule has 186 valence electrons. The Kier molecular flexibility index (Phi) is 5.72. The first kappa shape index (κ1) is 22.7. The molecule has 0 N–H and O–H groups in total. The minimum absolute atomic E-state index is 0.0358. The van der Waals surface area contributed by atoms with Crippen molar-refractivity contribution in [3.8, 4) is 34.1 Å². The summed E-state index contributed by atoms with van der Waals surface area (Å²) in [5.41, 5.74) is 2.95. The van der Waals surface area contributed by atoms with E-state index in [0.717, 1.165) is 5.56 Å². The molecule has 1 aromatic carbocycles. The second-order valence-electron chi connectivity index (χ2n) is 8.66. The Morgan fingerprint density at radius 2 is 1.92 bits per heavy atom. The van der Waals surface area contributed by atoms with Crippen LogP contribution in [0.5, 0.6) is 11.5 Å². The van der Waals surface area contributed by atoms with Crippen molar-refractivity contribution < 1.29 is 23.5 Å². The second-order valence-corrected chi connectivity index (χ2v) is 8.66. The third-order valence-corrected chi connectivity index (χ3v) is 5.83. The number of hydrogen-bond donors (Lipinski definition) is 0. The standard InChI is InChI=1S/C26H22N6O5/c1-15(2)32-25-19(13-28-32)18(11-20(29-25)16-5-6-21-22(10-16)35-9-8-34-21)26(33)36-14-23-30-24(31-37-23)17-4-3-7-27-12-17/h3-7,10-13,15H,8-9,14H2,1-2H3. The second kappa shape index (κ2) is 9.34. The zero-order valence-corrected chi connectivity index (χ0v) is 20.1. The van der Waals surface area contributed by atoms with Gasteiger partial charge in [-0.05, 0) is 50.2 Å². The zero-order valence-electron chi connectivity index (χ0n) is 20.1. The molecule has 1 aliphatic rings. The molecule has 0 aliphatic carbocycles. The Balaban J connectivity index is 1.32. The van der Waals surface area contributed by atoms with E-state index in [2.05, 4.69) is 20.2 Å². The van der Waals surface area contributed by atoms with Gasteiger partial charge in [0.25, 0.3) is 5.89 Å². The molecule has 0 saturated heterocycles. The Morgan fingerprint density at radius 1 is 1.05 bits per heavy atom. The largest absolute Gasteiger partial charge is 0.486 e. The number of aromatic nitrogens is 6. The third-order valence-electron chi connectivity index (χ3n) is 5.83. The van der Waals surface area contributed by atoms with Crippen molar-refractivity contribution in [1.29, 1.82) is 0 Å². The molecule has 0 spiro atoms. The van der Waals surface area contributed by atoms with Crippen LogP contribution in [0.3, 0.4) is 0 Å². The highest BCUT2D eigenvalue weighted by atomic mass is 16.6. The summed E-state index contributed by atoms with van der Waals surface area (Å²) in [6, 6.07) is 10.9. The molecule has 37 heavy (non-hydrogen) atoms. The maximum atomic E-state index is 13.3. The average Bonchev–Trinajstić information content (AvgIpc) is 3.59. The first-order chi connectivity index (χ1) is 18.1. The molecule has 0 fully saturated rings. The number of carbonyl (C=O) groups excluding carboxylic acids is 1. The smallest absolute Gasteiger partial charge is 0.339 e. The number of nitrogens with zero attached hydrogens (tertiary/aromatic N) is 6. The number of ether oxygens (including phenoxy) is 3. The molecule has 5 aromatic rings. The van der Waals surface area contributed by atoms with Gasteiger partial charge in [-0.25, -0.2) is 14.5 Å². The molecule has 6 rings (SSSR count). The first-order valence-corrected chi connectivity index (χ1v) is 11.7. The van der Waals surface area contributed by atoms with E-state index >= 15 is 0 Å². The summed E-state index contributed by atoms with van der Waals surface area (Å²) < 4.78 is 23.9. The van der Waals surface area contributed by atoms with Crippen LogP contribution in [0.15, 0.2) is 59.5 Å². The molecule has 5 heterocycles. The highest BCUT2D eigenvalue weighted by molar-refractivity contribution is 6.03. The number of benzene rings is 1. The molecule has 1 aliphatic heterocycles. The van der Waals surface area contributed by atoms with Gasteiger partial charge in [0.15, 0.2) is 23.8 Å². The predicted molar refractivity (Wildman–Crippen MR) is 131 cm³/mol. The predicted octanol–water partition coefficient (Wildman–Crippen LogP) is 4.25. The summed E-state index contributed by atoms with van der Waals surface area (Å²) in [7, 11) is 0. The fourth-order valence-electron chi connectivity index (χ4n) is 4.05. The third kappa shape index (κ3) is 4.35. The van der Waals surface area contributed by atoms with Crippen molar-refractivity contribution in [3.05, 3.63) is 66.4 Å². The van der Waals surface area contributed by atoms with E-state index in [1.807, 2.05) is 38.1 Å². The van der Waals surface area contributed by atoms with Crippen LogP contribution < -0.4 is 9.47 Å². The Hall–Kier alpha value is -4.80. The zero-order chi connectivity index (χ0) is 25.4. The van der Waals surface area contributed by atoms with E-state index in [1.54, 1.807) is 35.4 Å². The van der Waals surface area contributed by atoms with E-state index in [-0.39, 0.29) is 18.5 Å². The number of hydrogen-bond acceptors (Lipinski definition) is 10. The monoisotopic (exact) mass is 498 g/mol. The number of fused-ring (bicyclic) bond motifs is 2. The minimum Gasteiger partial charge on any atom is -0.486 e. The molecule has 4 aromatic heterocycles. The first-order valence-electron chi connectivity index (χ1n) is 11.7. The van der Waals surface area contributed by atoms with Crippen LogP contribution in [-0.4, -0.2) is 49.1 Å². The van der Waals surface area contributed by atoms with Gasteiger partial charge in [-0.15, -0.1) is 0 Å². The maximum Gasteiger partial charge on any atom is 0.339 e. The fourth-order valence-corrected chi connectivity index (χ4v) is 4.05. The SMILES string of the molecule is CC(C)n1ncc2c(C(=O)OCc3nc(-c4cccnc4)no3)cc(-c3ccc4c(c3)OCCO4)nc21. The van der Waals surface area contributed by atoms with Crippen molar-refractivity contribution in [2.45, 2.75) is 26.5 Å². The van der Waals surface area contributed by atoms with Crippen LogP contribution in [0.4, 0.5) is 0 Å². The lowest BCUT2D eigenvalue weighted by molar-refractivity contribution is 0.0432. The maximum absolute atomic E-state index is 13.3. The molecule has 0 atom stereocenters. The Bertz CT molecular complexity index is 1590. The van der Waals surface area contributed by atoms with Crippen LogP contribution in [0, 0.1) is 0 Å². The Labute approximate surface area is 211 Å². The van der Waals surface area contributed by atoms with Gasteiger partial charge in [0.2, 0.25) is 5.82 Å². The molecule has 0 amide bonds. The van der Waals surface area contributed by atoms with Crippen LogP contribution >= 0.6 is 0 Å². The lowest BCUT2D eigenvalue weighted by Crippen LogP contribution is -2.15. The van der Waals surface area contributed by atoms with Crippen LogP contribution in [0.25, 0.3) is 33.7 Å². The molecule has 0 bridgehead atoms. The quantitative estimate of drug-likeness (QED) is 0.313. The van der Waals surface area contributed by atoms with Gasteiger partial charge in [-0.2, -0.15) is 10.1 Å². The van der Waals surface area contributed by atoms with Gasteiger partial charge in [0.1, 0.15) is 13.2 Å². The highest BCUT2D eigenvalue weighted by Crippen LogP contribution is 2.35. The van der Waals surface area contributed by atoms with E-state index in [0.29, 0.717) is 58.4 Å². The van der Waals surface area contributed by atoms with E-state index in [4.69, 9.17) is 23.7 Å². The number of pyridine rings is 2. The van der Waals surface area contributed by atoms with Crippen LogP contribution in [-0.2, 0) is 11.3 Å². The van der Waals surface area contributed by atoms with Crippen LogP contribution in [0.1, 0.15) is 36.1 Å². The summed E-state index contributed by atoms with van der Waals surface area (Å²) in [6.07, 6.45) is 4.90. The lowest BCUT2D eigenvalue weighted by atomic mass is 10.1. The molecular weight excluding hydrogens is 476 g/mol. The normalized spacial score (nSPS) is 12.7. The minimum atomic E-state index is -0.560. The van der Waals surface area contributed by atoms with E-state index < -0.39 is 5.97 Å².